The van der Waals surface area contributed by atoms with Gasteiger partial charge in [0.15, 0.2) is 0 Å². The fraction of sp³-hybridized carbons (Fsp3) is 0.150. The van der Waals surface area contributed by atoms with Gasteiger partial charge in [-0.2, -0.15) is 0 Å². The van der Waals surface area contributed by atoms with Gasteiger partial charge in [0.05, 0.1) is 11.6 Å². The van der Waals surface area contributed by atoms with Gasteiger partial charge >= 0.3 is 0 Å². The van der Waals surface area contributed by atoms with Gasteiger partial charge in [0, 0.05) is 34.7 Å². The van der Waals surface area contributed by atoms with Crippen LogP contribution in [0.1, 0.15) is 22.9 Å². The largest absolute Gasteiger partial charge is 0.357 e. The van der Waals surface area contributed by atoms with E-state index < -0.39 is 0 Å². The van der Waals surface area contributed by atoms with Crippen LogP contribution in [0.25, 0.3) is 21.8 Å². The van der Waals surface area contributed by atoms with Crippen LogP contribution >= 0.6 is 0 Å². The molecule has 1 aliphatic heterocycles. The van der Waals surface area contributed by atoms with Gasteiger partial charge in [-0.15, -0.1) is 0 Å². The van der Waals surface area contributed by atoms with E-state index in [9.17, 15) is 0 Å². The first-order valence-electron chi connectivity index (χ1n) is 8.08. The molecule has 2 aromatic carbocycles. The molecule has 23 heavy (non-hydrogen) atoms. The van der Waals surface area contributed by atoms with Gasteiger partial charge in [-0.1, -0.05) is 36.4 Å². The zero-order valence-corrected chi connectivity index (χ0v) is 12.7. The van der Waals surface area contributed by atoms with E-state index in [4.69, 9.17) is 0 Å². The zero-order valence-electron chi connectivity index (χ0n) is 12.7. The van der Waals surface area contributed by atoms with Crippen molar-refractivity contribution >= 4 is 21.8 Å². The number of benzene rings is 2. The van der Waals surface area contributed by atoms with E-state index in [1.165, 1.54) is 33.1 Å². The van der Waals surface area contributed by atoms with Crippen molar-refractivity contribution in [3.63, 3.8) is 0 Å². The van der Waals surface area contributed by atoms with Gasteiger partial charge < -0.3 is 10.3 Å². The van der Waals surface area contributed by atoms with Gasteiger partial charge in [-0.25, -0.2) is 0 Å². The van der Waals surface area contributed by atoms with Crippen LogP contribution in [-0.2, 0) is 6.42 Å². The number of nitrogens with one attached hydrogen (secondary N) is 2. The summed E-state index contributed by atoms with van der Waals surface area (Å²) in [5, 5.41) is 6.26. The summed E-state index contributed by atoms with van der Waals surface area (Å²) in [7, 11) is 0. The van der Waals surface area contributed by atoms with E-state index in [0.29, 0.717) is 0 Å². The number of pyridine rings is 1. The van der Waals surface area contributed by atoms with Crippen molar-refractivity contribution in [2.75, 3.05) is 6.54 Å². The quantitative estimate of drug-likeness (QED) is 0.559. The summed E-state index contributed by atoms with van der Waals surface area (Å²) in [4.78, 5) is 8.14. The maximum Gasteiger partial charge on any atom is 0.0739 e. The predicted molar refractivity (Wildman–Crippen MR) is 93.6 cm³/mol. The lowest BCUT2D eigenvalue weighted by Crippen LogP contribution is -2.30. The second-order valence-electron chi connectivity index (χ2n) is 6.12. The zero-order chi connectivity index (χ0) is 15.2. The molecule has 3 heteroatoms. The lowest BCUT2D eigenvalue weighted by atomic mass is 9.92. The van der Waals surface area contributed by atoms with Crippen molar-refractivity contribution in [3.05, 3.63) is 77.6 Å². The third kappa shape index (κ3) is 1.90. The van der Waals surface area contributed by atoms with E-state index >= 15 is 0 Å². The minimum absolute atomic E-state index is 0.194. The number of aromatic nitrogens is 2. The molecule has 3 nitrogen and oxygen atoms in total. The Kier molecular flexibility index (Phi) is 2.76. The maximum absolute atomic E-state index is 4.50. The van der Waals surface area contributed by atoms with Crippen LogP contribution in [0.4, 0.5) is 0 Å². The molecule has 0 saturated carbocycles. The van der Waals surface area contributed by atoms with E-state index in [2.05, 4.69) is 63.8 Å². The molecule has 112 valence electrons. The lowest BCUT2D eigenvalue weighted by Gasteiger charge is -2.25. The Morgan fingerprint density at radius 1 is 0.913 bits per heavy atom. The molecule has 4 aromatic rings. The predicted octanol–water partition coefficient (Wildman–Crippen LogP) is 3.95. The van der Waals surface area contributed by atoms with Gasteiger partial charge in [-0.3, -0.25) is 4.98 Å². The number of H-pyrrole nitrogens is 1. The topological polar surface area (TPSA) is 40.7 Å². The lowest BCUT2D eigenvalue weighted by molar-refractivity contribution is 0.563. The van der Waals surface area contributed by atoms with Crippen LogP contribution in [-0.4, -0.2) is 16.5 Å². The van der Waals surface area contributed by atoms with Crippen LogP contribution in [0.3, 0.4) is 0 Å². The highest BCUT2D eigenvalue weighted by molar-refractivity contribution is 5.87. The number of hydrogen-bond acceptors (Lipinski definition) is 2. The van der Waals surface area contributed by atoms with E-state index in [1.807, 2.05) is 12.3 Å². The fourth-order valence-electron chi connectivity index (χ4n) is 3.82. The molecule has 0 spiro atoms. The first-order valence-corrected chi connectivity index (χ1v) is 8.08. The van der Waals surface area contributed by atoms with E-state index in [1.54, 1.807) is 0 Å². The van der Waals surface area contributed by atoms with Crippen LogP contribution in [0.15, 0.2) is 60.8 Å². The minimum Gasteiger partial charge on any atom is -0.357 e. The van der Waals surface area contributed by atoms with Crippen molar-refractivity contribution in [1.29, 1.82) is 0 Å². The molecule has 0 saturated heterocycles. The standard InChI is InChI=1S/C20H17N3/c1-3-7-17-13(5-1)15(9-11-21-17)19-20-16(10-12-22-19)14-6-2-4-8-18(14)23-20/h1-9,11,19,22-23H,10,12H2/t19-/m1/s1. The Bertz CT molecular complexity index is 1010. The SMILES string of the molecule is c1ccc2c([C@H]3NCCc4c3[nH]c3ccccc43)ccnc2c1. The second-order valence-corrected chi connectivity index (χ2v) is 6.12. The van der Waals surface area contributed by atoms with Crippen LogP contribution < -0.4 is 5.32 Å². The van der Waals surface area contributed by atoms with Crippen molar-refractivity contribution in [3.8, 4) is 0 Å². The number of rotatable bonds is 1. The molecule has 1 aliphatic rings. The van der Waals surface area contributed by atoms with Crippen molar-refractivity contribution < 1.29 is 0 Å². The van der Waals surface area contributed by atoms with Gasteiger partial charge in [0.1, 0.15) is 0 Å². The third-order valence-electron chi connectivity index (χ3n) is 4.85. The van der Waals surface area contributed by atoms with E-state index in [0.717, 1.165) is 18.5 Å². The molecular weight excluding hydrogens is 282 g/mol. The average Bonchev–Trinajstić information content (AvgIpc) is 3.00. The van der Waals surface area contributed by atoms with Gasteiger partial charge in [0.2, 0.25) is 0 Å². The molecule has 0 radical (unpaired) electrons. The first-order chi connectivity index (χ1) is 11.4. The monoisotopic (exact) mass is 299 g/mol. The summed E-state index contributed by atoms with van der Waals surface area (Å²) in [5.41, 5.74) is 6.32. The average molecular weight is 299 g/mol. The highest BCUT2D eigenvalue weighted by atomic mass is 15.0. The smallest absolute Gasteiger partial charge is 0.0739 e. The molecule has 0 amide bonds. The van der Waals surface area contributed by atoms with Crippen LogP contribution in [0, 0.1) is 0 Å². The van der Waals surface area contributed by atoms with Gasteiger partial charge in [0.25, 0.3) is 0 Å². The highest BCUT2D eigenvalue weighted by Crippen LogP contribution is 2.35. The van der Waals surface area contributed by atoms with Crippen LogP contribution in [0.5, 0.6) is 0 Å². The van der Waals surface area contributed by atoms with Crippen LogP contribution in [0.2, 0.25) is 0 Å². The summed E-state index contributed by atoms with van der Waals surface area (Å²) in [5.74, 6) is 0. The van der Waals surface area contributed by atoms with E-state index in [-0.39, 0.29) is 6.04 Å². The highest BCUT2D eigenvalue weighted by Gasteiger charge is 2.26. The Labute approximate surface area is 134 Å². The normalized spacial score (nSPS) is 17.5. The molecule has 0 fully saturated rings. The molecule has 0 aliphatic carbocycles. The summed E-state index contributed by atoms with van der Waals surface area (Å²) < 4.78 is 0. The molecule has 2 aromatic heterocycles. The summed E-state index contributed by atoms with van der Waals surface area (Å²) in [6, 6.07) is 19.3. The number of fused-ring (bicyclic) bond motifs is 4. The second kappa shape index (κ2) is 4.93. The number of para-hydroxylation sites is 2. The Hall–Kier alpha value is -2.65. The maximum atomic E-state index is 4.50. The Morgan fingerprint density at radius 2 is 1.74 bits per heavy atom. The molecule has 2 N–H and O–H groups in total. The molecule has 5 rings (SSSR count). The molecule has 0 bridgehead atoms. The number of aromatic amines is 1. The fourth-order valence-corrected chi connectivity index (χ4v) is 3.82. The summed E-state index contributed by atoms with van der Waals surface area (Å²) in [6.45, 7) is 0.996. The molecule has 1 atom stereocenters. The summed E-state index contributed by atoms with van der Waals surface area (Å²) in [6.07, 6.45) is 2.98. The Balaban J connectivity index is 1.76. The number of hydrogen-bond donors (Lipinski definition) is 2. The molecule has 0 unspecified atom stereocenters. The van der Waals surface area contributed by atoms with Crippen molar-refractivity contribution in [2.24, 2.45) is 0 Å². The van der Waals surface area contributed by atoms with Crippen molar-refractivity contribution in [1.82, 2.24) is 15.3 Å². The van der Waals surface area contributed by atoms with Gasteiger partial charge in [-0.05, 0) is 35.7 Å². The molecule has 3 heterocycles. The summed E-state index contributed by atoms with van der Waals surface area (Å²) >= 11 is 0. The molecular formula is C20H17N3. The Morgan fingerprint density at radius 3 is 2.70 bits per heavy atom. The first kappa shape index (κ1) is 12.9. The third-order valence-corrected chi connectivity index (χ3v) is 4.85. The number of nitrogens with zero attached hydrogens (tertiary/aromatic N) is 1. The van der Waals surface area contributed by atoms with Crippen molar-refractivity contribution in [2.45, 2.75) is 12.5 Å². The minimum atomic E-state index is 0.194.